The van der Waals surface area contributed by atoms with E-state index in [0.717, 1.165) is 17.1 Å². The average molecular weight is 447 g/mol. The topological polar surface area (TPSA) is 17.0 Å². The van der Waals surface area contributed by atoms with Gasteiger partial charge in [0.05, 0.1) is 5.56 Å². The second-order valence-electron chi connectivity index (χ2n) is 10.1. The van der Waals surface area contributed by atoms with Gasteiger partial charge in [0, 0.05) is 28.5 Å². The summed E-state index contributed by atoms with van der Waals surface area (Å²) in [4.78, 5) is 0. The summed E-state index contributed by atoms with van der Waals surface area (Å²) in [6.07, 6.45) is 8.92. The predicted octanol–water partition coefficient (Wildman–Crippen LogP) is 8.41. The van der Waals surface area contributed by atoms with Gasteiger partial charge in [-0.3, -0.25) is 0 Å². The summed E-state index contributed by atoms with van der Waals surface area (Å²) in [5, 5.41) is 2.36. The molecule has 0 N–H and O–H groups in total. The van der Waals surface area contributed by atoms with Crippen LogP contribution in [0.15, 0.2) is 77.3 Å². The van der Waals surface area contributed by atoms with E-state index < -0.39 is 0 Å². The van der Waals surface area contributed by atoms with E-state index in [1.165, 1.54) is 82.0 Å². The van der Waals surface area contributed by atoms with Gasteiger partial charge in [-0.05, 0) is 54.9 Å². The molecule has 0 amide bonds. The van der Waals surface area contributed by atoms with Gasteiger partial charge in [0.15, 0.2) is 6.20 Å². The molecular weight excluding hydrogens is 414 g/mol. The van der Waals surface area contributed by atoms with Crippen LogP contribution < -0.4 is 4.57 Å². The largest absolute Gasteiger partial charge is 0.454 e. The molecule has 0 spiro atoms. The van der Waals surface area contributed by atoms with Crippen LogP contribution in [0.4, 0.5) is 0 Å². The molecule has 1 aliphatic carbocycles. The Bertz CT molecular complexity index is 1500. The van der Waals surface area contributed by atoms with Gasteiger partial charge in [-0.2, -0.15) is 0 Å². The minimum Gasteiger partial charge on any atom is -0.454 e. The fourth-order valence-corrected chi connectivity index (χ4v) is 5.80. The quantitative estimate of drug-likeness (QED) is 0.254. The summed E-state index contributed by atoms with van der Waals surface area (Å²) in [7, 11) is 2.11. The van der Waals surface area contributed by atoms with E-state index in [1.54, 1.807) is 0 Å². The number of furan rings is 1. The van der Waals surface area contributed by atoms with Crippen molar-refractivity contribution in [3.05, 3.63) is 89.6 Å². The van der Waals surface area contributed by atoms with E-state index in [2.05, 4.69) is 98.4 Å². The first-order chi connectivity index (χ1) is 16.6. The molecular formula is C32H32NO+. The maximum Gasteiger partial charge on any atom is 0.216 e. The molecule has 34 heavy (non-hydrogen) atoms. The lowest BCUT2D eigenvalue weighted by atomic mass is 9.83. The Balaban J connectivity index is 1.51. The van der Waals surface area contributed by atoms with E-state index >= 15 is 0 Å². The van der Waals surface area contributed by atoms with Crippen LogP contribution in [0.25, 0.3) is 44.3 Å². The Hall–Kier alpha value is -3.39. The Kier molecular flexibility index (Phi) is 5.25. The zero-order valence-electron chi connectivity index (χ0n) is 20.4. The number of pyridine rings is 1. The second kappa shape index (κ2) is 8.43. The maximum atomic E-state index is 6.73. The van der Waals surface area contributed by atoms with Gasteiger partial charge in [-0.25, -0.2) is 4.57 Å². The van der Waals surface area contributed by atoms with Crippen molar-refractivity contribution in [1.29, 1.82) is 0 Å². The summed E-state index contributed by atoms with van der Waals surface area (Å²) in [6, 6.07) is 24.6. The lowest BCUT2D eigenvalue weighted by Crippen LogP contribution is -2.30. The van der Waals surface area contributed by atoms with E-state index in [-0.39, 0.29) is 0 Å². The predicted molar refractivity (Wildman–Crippen MR) is 141 cm³/mol. The molecule has 1 aliphatic rings. The van der Waals surface area contributed by atoms with Gasteiger partial charge in [0.2, 0.25) is 5.69 Å². The standard InChI is InChI=1S/C32H32NO/c1-21-18-19-33(3)29(20-21)30-22(2)12-17-28-27-11-7-10-26(31(27)34-32(28)30)25-15-13-24(14-16-25)23-8-5-4-6-9-23/h7,10-20,23H,4-6,8-9H2,1-3H3/q+1. The number of rotatable bonds is 3. The smallest absolute Gasteiger partial charge is 0.216 e. The van der Waals surface area contributed by atoms with E-state index in [0.29, 0.717) is 0 Å². The van der Waals surface area contributed by atoms with E-state index in [9.17, 15) is 0 Å². The lowest BCUT2D eigenvalue weighted by molar-refractivity contribution is -0.660. The van der Waals surface area contributed by atoms with E-state index in [1.807, 2.05) is 0 Å². The molecule has 2 aromatic heterocycles. The Morgan fingerprint density at radius 3 is 2.35 bits per heavy atom. The van der Waals surface area contributed by atoms with Crippen LogP contribution in [-0.4, -0.2) is 0 Å². The third-order valence-electron chi connectivity index (χ3n) is 7.74. The van der Waals surface area contributed by atoms with Crippen molar-refractivity contribution in [2.45, 2.75) is 51.9 Å². The average Bonchev–Trinajstić information content (AvgIpc) is 3.25. The summed E-state index contributed by atoms with van der Waals surface area (Å²) in [6.45, 7) is 4.32. The Labute approximate surface area is 201 Å². The third kappa shape index (κ3) is 3.53. The highest BCUT2D eigenvalue weighted by molar-refractivity contribution is 6.13. The van der Waals surface area contributed by atoms with Crippen LogP contribution in [0.1, 0.15) is 54.7 Å². The molecule has 1 fully saturated rings. The monoisotopic (exact) mass is 446 g/mol. The number of aromatic nitrogens is 1. The molecule has 0 unspecified atom stereocenters. The van der Waals surface area contributed by atoms with Crippen LogP contribution in [0.3, 0.4) is 0 Å². The van der Waals surface area contributed by atoms with E-state index in [4.69, 9.17) is 4.42 Å². The third-order valence-corrected chi connectivity index (χ3v) is 7.74. The van der Waals surface area contributed by atoms with Crippen molar-refractivity contribution in [3.63, 3.8) is 0 Å². The summed E-state index contributed by atoms with van der Waals surface area (Å²) < 4.78 is 8.92. The van der Waals surface area contributed by atoms with Crippen LogP contribution in [0.5, 0.6) is 0 Å². The molecule has 170 valence electrons. The normalized spacial score (nSPS) is 14.8. The molecule has 2 heteroatoms. The van der Waals surface area contributed by atoms with Crippen molar-refractivity contribution < 1.29 is 8.98 Å². The highest BCUT2D eigenvalue weighted by Crippen LogP contribution is 2.41. The van der Waals surface area contributed by atoms with Gasteiger partial charge in [-0.15, -0.1) is 0 Å². The zero-order valence-corrected chi connectivity index (χ0v) is 20.4. The molecule has 1 saturated carbocycles. The molecule has 0 atom stereocenters. The van der Waals surface area contributed by atoms with Crippen LogP contribution >= 0.6 is 0 Å². The molecule has 0 bridgehead atoms. The minimum atomic E-state index is 0.727. The van der Waals surface area contributed by atoms with Crippen LogP contribution in [0.2, 0.25) is 0 Å². The minimum absolute atomic E-state index is 0.727. The summed E-state index contributed by atoms with van der Waals surface area (Å²) in [5.74, 6) is 0.727. The molecule has 3 aromatic carbocycles. The van der Waals surface area contributed by atoms with Crippen LogP contribution in [-0.2, 0) is 7.05 Å². The zero-order chi connectivity index (χ0) is 23.2. The van der Waals surface area contributed by atoms with Crippen molar-refractivity contribution >= 4 is 21.9 Å². The molecule has 5 aromatic rings. The molecule has 2 nitrogen and oxygen atoms in total. The molecule has 0 saturated heterocycles. The van der Waals surface area contributed by atoms with Crippen molar-refractivity contribution in [3.8, 4) is 22.4 Å². The fraction of sp³-hybridized carbons (Fsp3) is 0.281. The highest BCUT2D eigenvalue weighted by atomic mass is 16.3. The van der Waals surface area contributed by atoms with Gasteiger partial charge in [0.1, 0.15) is 18.2 Å². The number of hydrogen-bond donors (Lipinski definition) is 0. The molecule has 6 rings (SSSR count). The van der Waals surface area contributed by atoms with Gasteiger partial charge in [-0.1, -0.05) is 73.9 Å². The first-order valence-corrected chi connectivity index (χ1v) is 12.6. The number of nitrogens with zero attached hydrogens (tertiary/aromatic N) is 1. The van der Waals surface area contributed by atoms with Crippen molar-refractivity contribution in [2.24, 2.45) is 7.05 Å². The molecule has 2 heterocycles. The summed E-state index contributed by atoms with van der Waals surface area (Å²) >= 11 is 0. The fourth-order valence-electron chi connectivity index (χ4n) is 5.80. The number of fused-ring (bicyclic) bond motifs is 3. The highest BCUT2D eigenvalue weighted by Gasteiger charge is 2.22. The first kappa shape index (κ1) is 21.2. The Morgan fingerprint density at radius 2 is 1.56 bits per heavy atom. The second-order valence-corrected chi connectivity index (χ2v) is 10.1. The first-order valence-electron chi connectivity index (χ1n) is 12.6. The van der Waals surface area contributed by atoms with Gasteiger partial charge < -0.3 is 4.42 Å². The number of hydrogen-bond acceptors (Lipinski definition) is 1. The number of aryl methyl sites for hydroxylation is 3. The molecule has 0 aliphatic heterocycles. The number of para-hydroxylation sites is 1. The van der Waals surface area contributed by atoms with Gasteiger partial charge in [0.25, 0.3) is 0 Å². The van der Waals surface area contributed by atoms with Crippen molar-refractivity contribution in [2.75, 3.05) is 0 Å². The lowest BCUT2D eigenvalue weighted by Gasteiger charge is -2.22. The summed E-state index contributed by atoms with van der Waals surface area (Å²) in [5.41, 5.74) is 10.7. The Morgan fingerprint density at radius 1 is 0.794 bits per heavy atom. The SMILES string of the molecule is Cc1cc[n+](C)c(-c2c(C)ccc3c2oc2c(-c4ccc(C5CCCCC5)cc4)cccc23)c1. The molecule has 0 radical (unpaired) electrons. The van der Waals surface area contributed by atoms with Gasteiger partial charge >= 0.3 is 0 Å². The van der Waals surface area contributed by atoms with Crippen molar-refractivity contribution in [1.82, 2.24) is 0 Å². The number of benzene rings is 3. The maximum absolute atomic E-state index is 6.73. The van der Waals surface area contributed by atoms with Crippen LogP contribution in [0, 0.1) is 13.8 Å².